The molecule has 2 heterocycles. The molecular formula is C36H32N2O8. The molecule has 4 aromatic rings. The average molecular weight is 621 g/mol. The van der Waals surface area contributed by atoms with E-state index in [0.717, 1.165) is 10.5 Å². The second-order valence-electron chi connectivity index (χ2n) is 11.5. The van der Waals surface area contributed by atoms with Gasteiger partial charge in [0, 0.05) is 23.6 Å². The molecular weight excluding hydrogens is 588 g/mol. The fraction of sp³-hybridized carbons (Fsp3) is 0.222. The van der Waals surface area contributed by atoms with Crippen LogP contribution in [0.25, 0.3) is 0 Å². The molecule has 6 rings (SSSR count). The Morgan fingerprint density at radius 2 is 1.57 bits per heavy atom. The lowest BCUT2D eigenvalue weighted by Gasteiger charge is -2.31. The van der Waals surface area contributed by atoms with E-state index in [1.54, 1.807) is 30.3 Å². The minimum absolute atomic E-state index is 0.00662. The molecule has 0 bridgehead atoms. The molecule has 4 unspecified atom stereocenters. The monoisotopic (exact) mass is 620 g/mol. The predicted molar refractivity (Wildman–Crippen MR) is 168 cm³/mol. The highest BCUT2D eigenvalue weighted by Crippen LogP contribution is 2.53. The van der Waals surface area contributed by atoms with Crippen molar-refractivity contribution in [3.05, 3.63) is 119 Å². The Kier molecular flexibility index (Phi) is 8.06. The number of aromatic hydroxyl groups is 1. The summed E-state index contributed by atoms with van der Waals surface area (Å²) < 4.78 is 11.9. The maximum absolute atomic E-state index is 14.4. The number of phenols is 1. The van der Waals surface area contributed by atoms with Gasteiger partial charge in [0.25, 0.3) is 0 Å². The van der Waals surface area contributed by atoms with E-state index < -0.39 is 41.2 Å². The highest BCUT2D eigenvalue weighted by atomic mass is 16.5. The zero-order chi connectivity index (χ0) is 32.6. The molecule has 0 aromatic heterocycles. The number of imide groups is 1. The molecule has 2 amide bonds. The fourth-order valence-corrected chi connectivity index (χ4v) is 6.56. The summed E-state index contributed by atoms with van der Waals surface area (Å²) in [6.45, 7) is 1.59. The van der Waals surface area contributed by atoms with Crippen LogP contribution in [0.2, 0.25) is 0 Å². The van der Waals surface area contributed by atoms with Crippen LogP contribution < -0.4 is 19.7 Å². The van der Waals surface area contributed by atoms with Gasteiger partial charge in [-0.1, -0.05) is 54.6 Å². The van der Waals surface area contributed by atoms with Crippen LogP contribution in [0.1, 0.15) is 40.0 Å². The van der Waals surface area contributed by atoms with Gasteiger partial charge in [-0.25, -0.2) is 4.90 Å². The summed E-state index contributed by atoms with van der Waals surface area (Å²) in [5.74, 6) is -4.45. The number of methoxy groups -OCH3 is 1. The average Bonchev–Trinajstić information content (AvgIpc) is 3.54. The van der Waals surface area contributed by atoms with Gasteiger partial charge in [-0.15, -0.1) is 0 Å². The summed E-state index contributed by atoms with van der Waals surface area (Å²) in [7, 11) is 1.49. The number of hydrogen-bond acceptors (Lipinski definition) is 8. The Balaban J connectivity index is 1.48. The number of hydrogen-bond donors (Lipinski definition) is 3. The predicted octanol–water partition coefficient (Wildman–Crippen LogP) is 4.70. The molecule has 2 saturated heterocycles. The van der Waals surface area contributed by atoms with Crippen molar-refractivity contribution in [2.24, 2.45) is 11.8 Å². The summed E-state index contributed by atoms with van der Waals surface area (Å²) in [5, 5.41) is 24.0. The van der Waals surface area contributed by atoms with Crippen LogP contribution in [0.4, 0.5) is 5.69 Å². The van der Waals surface area contributed by atoms with Crippen LogP contribution >= 0.6 is 0 Å². The van der Waals surface area contributed by atoms with Gasteiger partial charge >= 0.3 is 5.97 Å². The van der Waals surface area contributed by atoms with Gasteiger partial charge in [-0.05, 0) is 60.5 Å². The highest BCUT2D eigenvalue weighted by Gasteiger charge is 2.69. The Morgan fingerprint density at radius 1 is 0.870 bits per heavy atom. The number of nitrogens with one attached hydrogen (secondary N) is 1. The molecule has 0 saturated carbocycles. The van der Waals surface area contributed by atoms with Crippen molar-refractivity contribution in [1.29, 1.82) is 0 Å². The molecule has 4 aromatic carbocycles. The molecule has 234 valence electrons. The van der Waals surface area contributed by atoms with Crippen molar-refractivity contribution in [1.82, 2.24) is 5.32 Å². The number of aliphatic carboxylic acids is 1. The molecule has 10 nitrogen and oxygen atoms in total. The maximum atomic E-state index is 14.4. The van der Waals surface area contributed by atoms with Gasteiger partial charge in [-0.2, -0.15) is 0 Å². The first-order valence-corrected chi connectivity index (χ1v) is 14.8. The number of ketones is 1. The summed E-state index contributed by atoms with van der Waals surface area (Å²) in [6.07, 6.45) is -0.152. The van der Waals surface area contributed by atoms with Crippen molar-refractivity contribution in [2.45, 2.75) is 31.5 Å². The first-order valence-electron chi connectivity index (χ1n) is 14.8. The van der Waals surface area contributed by atoms with Crippen LogP contribution in [0.3, 0.4) is 0 Å². The Bertz CT molecular complexity index is 1810. The number of para-hydroxylation sites is 1. The lowest BCUT2D eigenvalue weighted by atomic mass is 9.76. The number of anilines is 1. The summed E-state index contributed by atoms with van der Waals surface area (Å²) in [5.41, 5.74) is 0.634. The number of phenolic OH excluding ortho intramolecular Hbond substituents is 1. The van der Waals surface area contributed by atoms with E-state index >= 15 is 0 Å². The van der Waals surface area contributed by atoms with Crippen molar-refractivity contribution in [3.8, 4) is 17.2 Å². The maximum Gasteiger partial charge on any atom is 0.325 e. The summed E-state index contributed by atoms with van der Waals surface area (Å²) in [4.78, 5) is 54.9. The second-order valence-corrected chi connectivity index (χ2v) is 11.5. The van der Waals surface area contributed by atoms with Crippen LogP contribution in [-0.2, 0) is 27.4 Å². The standard InChI is InChI=1S/C36H32N2O8/c1-21(39)24-13-15-25(16-14-24)38-33(41)29-30(34(38)42)36(35(43)44,19-22-11-17-26(40)18-12-22)37-31(29)27-9-6-10-28(45-2)32(27)46-20-23-7-4-3-5-8-23/h3-18,29-31,37,40H,19-20H2,1-2H3,(H,43,44). The molecule has 4 atom stereocenters. The Morgan fingerprint density at radius 3 is 2.20 bits per heavy atom. The molecule has 0 radical (unpaired) electrons. The number of benzene rings is 4. The second kappa shape index (κ2) is 12.1. The lowest BCUT2D eigenvalue weighted by Crippen LogP contribution is -2.57. The molecule has 2 aliphatic rings. The normalized spacial score (nSPS) is 22.0. The van der Waals surface area contributed by atoms with Gasteiger partial charge in [0.15, 0.2) is 17.3 Å². The Hall–Kier alpha value is -5.48. The van der Waals surface area contributed by atoms with Gasteiger partial charge in [-0.3, -0.25) is 24.5 Å². The minimum atomic E-state index is -1.91. The number of fused-ring (bicyclic) bond motifs is 1. The van der Waals surface area contributed by atoms with Crippen molar-refractivity contribution in [2.75, 3.05) is 12.0 Å². The van der Waals surface area contributed by atoms with Crippen LogP contribution in [0.5, 0.6) is 17.2 Å². The number of Topliss-reactive ketones (excluding diaryl/α,β-unsaturated/α-hetero) is 1. The first-order chi connectivity index (χ1) is 22.1. The lowest BCUT2D eigenvalue weighted by molar-refractivity contribution is -0.148. The van der Waals surface area contributed by atoms with Crippen LogP contribution in [-0.4, -0.2) is 46.4 Å². The van der Waals surface area contributed by atoms with Crippen molar-refractivity contribution < 1.29 is 38.9 Å². The van der Waals surface area contributed by atoms with E-state index in [2.05, 4.69) is 5.32 Å². The zero-order valence-corrected chi connectivity index (χ0v) is 25.2. The van der Waals surface area contributed by atoms with E-state index in [-0.39, 0.29) is 30.2 Å². The molecule has 46 heavy (non-hydrogen) atoms. The summed E-state index contributed by atoms with van der Waals surface area (Å²) >= 11 is 0. The van der Waals surface area contributed by atoms with Crippen molar-refractivity contribution >= 4 is 29.3 Å². The fourth-order valence-electron chi connectivity index (χ4n) is 6.56. The number of amides is 2. The third-order valence-corrected chi connectivity index (χ3v) is 8.78. The quantitative estimate of drug-likeness (QED) is 0.170. The SMILES string of the molecule is COc1cccc(C2NC(Cc3ccc(O)cc3)(C(=O)O)C3C(=O)N(c4ccc(C(C)=O)cc4)C(=O)C23)c1OCc1ccccc1. The molecule has 2 aliphatic heterocycles. The largest absolute Gasteiger partial charge is 0.508 e. The third kappa shape index (κ3) is 5.26. The first kappa shape index (κ1) is 30.5. The topological polar surface area (TPSA) is 142 Å². The van der Waals surface area contributed by atoms with E-state index in [9.17, 15) is 29.4 Å². The number of carbonyl (C=O) groups excluding carboxylic acids is 3. The van der Waals surface area contributed by atoms with E-state index in [4.69, 9.17) is 9.47 Å². The molecule has 3 N–H and O–H groups in total. The highest BCUT2D eigenvalue weighted by molar-refractivity contribution is 6.24. The number of nitrogens with zero attached hydrogens (tertiary/aromatic N) is 1. The van der Waals surface area contributed by atoms with Gasteiger partial charge in [0.05, 0.1) is 24.6 Å². The number of carboxylic acid groups (broad SMARTS) is 1. The summed E-state index contributed by atoms with van der Waals surface area (Å²) in [6, 6.07) is 25.8. The van der Waals surface area contributed by atoms with Gasteiger partial charge < -0.3 is 19.7 Å². The van der Waals surface area contributed by atoms with Crippen LogP contribution in [0.15, 0.2) is 97.1 Å². The molecule has 0 spiro atoms. The van der Waals surface area contributed by atoms with Crippen molar-refractivity contribution in [3.63, 3.8) is 0 Å². The number of carbonyl (C=O) groups is 4. The van der Waals surface area contributed by atoms with Crippen LogP contribution in [0, 0.1) is 11.8 Å². The Labute approximate surface area is 265 Å². The number of ether oxygens (including phenoxy) is 2. The number of carboxylic acids is 1. The molecule has 0 aliphatic carbocycles. The third-order valence-electron chi connectivity index (χ3n) is 8.78. The van der Waals surface area contributed by atoms with E-state index in [1.807, 2.05) is 30.3 Å². The van der Waals surface area contributed by atoms with E-state index in [0.29, 0.717) is 28.2 Å². The molecule has 2 fully saturated rings. The molecule has 10 heteroatoms. The zero-order valence-electron chi connectivity index (χ0n) is 25.2. The number of rotatable bonds is 10. The minimum Gasteiger partial charge on any atom is -0.508 e. The van der Waals surface area contributed by atoms with E-state index in [1.165, 1.54) is 50.4 Å². The van der Waals surface area contributed by atoms with Gasteiger partial charge in [0.2, 0.25) is 11.8 Å². The van der Waals surface area contributed by atoms with Gasteiger partial charge in [0.1, 0.15) is 17.9 Å². The smallest absolute Gasteiger partial charge is 0.325 e.